The summed E-state index contributed by atoms with van der Waals surface area (Å²) in [5.41, 5.74) is 0.171. The average Bonchev–Trinajstić information content (AvgIpc) is 2.46. The molecule has 0 atom stereocenters. The molecule has 22 heavy (non-hydrogen) atoms. The van der Waals surface area contributed by atoms with Crippen molar-refractivity contribution in [3.05, 3.63) is 52.9 Å². The predicted octanol–water partition coefficient (Wildman–Crippen LogP) is 3.28. The molecule has 114 valence electrons. The second-order valence-corrected chi connectivity index (χ2v) is 5.70. The summed E-state index contributed by atoms with van der Waals surface area (Å²) in [6.45, 7) is 0.868. The molecule has 0 bridgehead atoms. The van der Waals surface area contributed by atoms with Crippen molar-refractivity contribution < 1.29 is 13.9 Å². The van der Waals surface area contributed by atoms with Crippen molar-refractivity contribution in [2.24, 2.45) is 0 Å². The Morgan fingerprint density at radius 1 is 1.32 bits per heavy atom. The van der Waals surface area contributed by atoms with Crippen molar-refractivity contribution in [2.75, 3.05) is 18.4 Å². The van der Waals surface area contributed by atoms with E-state index in [-0.39, 0.29) is 17.8 Å². The van der Waals surface area contributed by atoms with E-state index in [1.165, 1.54) is 12.1 Å². The third-order valence-corrected chi connectivity index (χ3v) is 3.86. The predicted molar refractivity (Wildman–Crippen MR) is 83.3 cm³/mol. The average molecular weight is 366 g/mol. The van der Waals surface area contributed by atoms with Gasteiger partial charge in [0.2, 0.25) is 5.88 Å². The van der Waals surface area contributed by atoms with Gasteiger partial charge in [0, 0.05) is 6.20 Å². The molecule has 0 aliphatic carbocycles. The Kier molecular flexibility index (Phi) is 4.24. The monoisotopic (exact) mass is 365 g/mol. The van der Waals surface area contributed by atoms with Crippen LogP contribution in [-0.4, -0.2) is 35.1 Å². The number of nitrogens with zero attached hydrogens (tertiary/aromatic N) is 2. The Morgan fingerprint density at radius 2 is 2.09 bits per heavy atom. The summed E-state index contributed by atoms with van der Waals surface area (Å²) < 4.78 is 19.9. The number of para-hydroxylation sites is 1. The summed E-state index contributed by atoms with van der Waals surface area (Å²) in [5, 5.41) is 2.54. The van der Waals surface area contributed by atoms with E-state index in [9.17, 15) is 9.18 Å². The Balaban J connectivity index is 1.52. The number of halogens is 2. The summed E-state index contributed by atoms with van der Waals surface area (Å²) in [7, 11) is 0. The van der Waals surface area contributed by atoms with E-state index in [2.05, 4.69) is 26.2 Å². The molecule has 1 fully saturated rings. The molecule has 1 aromatic carbocycles. The lowest BCUT2D eigenvalue weighted by Crippen LogP contribution is -2.57. The molecule has 0 saturated carbocycles. The first-order valence-electron chi connectivity index (χ1n) is 6.71. The highest BCUT2D eigenvalue weighted by Crippen LogP contribution is 2.24. The van der Waals surface area contributed by atoms with Gasteiger partial charge in [-0.05, 0) is 40.2 Å². The second-order valence-electron chi connectivity index (χ2n) is 4.85. The van der Waals surface area contributed by atoms with Crippen molar-refractivity contribution in [1.29, 1.82) is 0 Å². The maximum Gasteiger partial charge on any atom is 0.322 e. The number of rotatable bonds is 3. The summed E-state index contributed by atoms with van der Waals surface area (Å²) in [6, 6.07) is 9.35. The zero-order chi connectivity index (χ0) is 15.5. The third-order valence-electron chi connectivity index (χ3n) is 3.25. The molecular formula is C15H13BrFN3O2. The van der Waals surface area contributed by atoms with Crippen LogP contribution in [0, 0.1) is 5.82 Å². The highest BCUT2D eigenvalue weighted by Gasteiger charge is 2.33. The van der Waals surface area contributed by atoms with Crippen molar-refractivity contribution in [1.82, 2.24) is 9.88 Å². The summed E-state index contributed by atoms with van der Waals surface area (Å²) in [5.74, 6) is 0.0447. The summed E-state index contributed by atoms with van der Waals surface area (Å²) >= 11 is 3.35. The fourth-order valence-electron chi connectivity index (χ4n) is 2.05. The van der Waals surface area contributed by atoms with E-state index in [4.69, 9.17) is 4.74 Å². The maximum atomic E-state index is 13.5. The van der Waals surface area contributed by atoms with Crippen LogP contribution in [0.2, 0.25) is 0 Å². The smallest absolute Gasteiger partial charge is 0.322 e. The summed E-state index contributed by atoms with van der Waals surface area (Å²) in [6.07, 6.45) is 1.53. The normalized spacial score (nSPS) is 14.4. The first kappa shape index (κ1) is 14.8. The van der Waals surface area contributed by atoms with Gasteiger partial charge < -0.3 is 15.0 Å². The maximum absolute atomic E-state index is 13.5. The number of benzene rings is 1. The van der Waals surface area contributed by atoms with Gasteiger partial charge in [-0.25, -0.2) is 14.2 Å². The number of urea groups is 1. The van der Waals surface area contributed by atoms with Gasteiger partial charge in [0.1, 0.15) is 11.9 Å². The van der Waals surface area contributed by atoms with Gasteiger partial charge in [-0.15, -0.1) is 0 Å². The first-order chi connectivity index (χ1) is 10.6. The molecule has 7 heteroatoms. The van der Waals surface area contributed by atoms with Crippen molar-refractivity contribution in [3.63, 3.8) is 0 Å². The fourth-order valence-corrected chi connectivity index (χ4v) is 2.40. The number of amides is 2. The number of anilines is 1. The van der Waals surface area contributed by atoms with Gasteiger partial charge in [0.15, 0.2) is 0 Å². The number of hydrogen-bond donors (Lipinski definition) is 1. The number of likely N-dealkylation sites (tertiary alicyclic amines) is 1. The zero-order valence-electron chi connectivity index (χ0n) is 11.5. The zero-order valence-corrected chi connectivity index (χ0v) is 13.1. The number of nitrogens with one attached hydrogen (secondary N) is 1. The molecule has 1 aliphatic rings. The molecule has 1 aromatic heterocycles. The van der Waals surface area contributed by atoms with Crippen LogP contribution in [0.1, 0.15) is 0 Å². The lowest BCUT2D eigenvalue weighted by molar-refractivity contribution is 0.0455. The molecule has 1 N–H and O–H groups in total. The lowest BCUT2D eigenvalue weighted by Gasteiger charge is -2.38. The fraction of sp³-hybridized carbons (Fsp3) is 0.200. The number of ether oxygens (including phenoxy) is 1. The molecule has 1 saturated heterocycles. The third kappa shape index (κ3) is 3.19. The largest absolute Gasteiger partial charge is 0.470 e. The van der Waals surface area contributed by atoms with Gasteiger partial charge in [0.25, 0.3) is 0 Å². The van der Waals surface area contributed by atoms with Crippen molar-refractivity contribution in [2.45, 2.75) is 6.10 Å². The molecule has 1 aliphatic heterocycles. The van der Waals surface area contributed by atoms with E-state index in [0.29, 0.717) is 19.0 Å². The van der Waals surface area contributed by atoms with Crippen LogP contribution >= 0.6 is 15.9 Å². The Bertz CT molecular complexity index is 692. The number of carbonyl (C=O) groups is 1. The van der Waals surface area contributed by atoms with Gasteiger partial charge in [0.05, 0.1) is 23.2 Å². The van der Waals surface area contributed by atoms with E-state index < -0.39 is 5.82 Å². The number of hydrogen-bond acceptors (Lipinski definition) is 3. The molecule has 0 spiro atoms. The first-order valence-corrected chi connectivity index (χ1v) is 7.50. The summed E-state index contributed by atoms with van der Waals surface area (Å²) in [4.78, 5) is 17.6. The molecule has 2 amide bonds. The van der Waals surface area contributed by atoms with E-state index in [0.717, 1.165) is 4.47 Å². The van der Waals surface area contributed by atoms with Gasteiger partial charge in [-0.3, -0.25) is 0 Å². The van der Waals surface area contributed by atoms with Gasteiger partial charge in [-0.2, -0.15) is 0 Å². The number of carbonyl (C=O) groups excluding carboxylic acids is 1. The standard InChI is InChI=1S/C15H13BrFN3O2/c16-11-4-3-7-18-14(11)22-10-8-20(9-10)15(21)19-13-6-2-1-5-12(13)17/h1-7,10H,8-9H2,(H,19,21). The minimum atomic E-state index is -0.457. The van der Waals surface area contributed by atoms with E-state index >= 15 is 0 Å². The van der Waals surface area contributed by atoms with Crippen molar-refractivity contribution in [3.8, 4) is 5.88 Å². The van der Waals surface area contributed by atoms with Crippen LogP contribution in [-0.2, 0) is 0 Å². The minimum Gasteiger partial charge on any atom is -0.470 e. The van der Waals surface area contributed by atoms with Crippen LogP contribution in [0.4, 0.5) is 14.9 Å². The molecule has 2 aromatic rings. The minimum absolute atomic E-state index is 0.113. The SMILES string of the molecule is O=C(Nc1ccccc1F)N1CC(Oc2ncccc2Br)C1. The topological polar surface area (TPSA) is 54.5 Å². The van der Waals surface area contributed by atoms with Crippen molar-refractivity contribution >= 4 is 27.6 Å². The van der Waals surface area contributed by atoms with Crippen LogP contribution in [0.25, 0.3) is 0 Å². The van der Waals surface area contributed by atoms with Gasteiger partial charge >= 0.3 is 6.03 Å². The molecule has 0 unspecified atom stereocenters. The highest BCUT2D eigenvalue weighted by atomic mass is 79.9. The number of pyridine rings is 1. The second kappa shape index (κ2) is 6.31. The van der Waals surface area contributed by atoms with Crippen LogP contribution < -0.4 is 10.1 Å². The molecule has 0 radical (unpaired) electrons. The lowest BCUT2D eigenvalue weighted by atomic mass is 10.2. The number of aromatic nitrogens is 1. The Morgan fingerprint density at radius 3 is 2.82 bits per heavy atom. The van der Waals surface area contributed by atoms with Gasteiger partial charge in [-0.1, -0.05) is 12.1 Å². The van der Waals surface area contributed by atoms with E-state index in [1.54, 1.807) is 29.3 Å². The highest BCUT2D eigenvalue weighted by molar-refractivity contribution is 9.10. The quantitative estimate of drug-likeness (QED) is 0.907. The van der Waals surface area contributed by atoms with E-state index in [1.807, 2.05) is 6.07 Å². The molecule has 3 rings (SSSR count). The van der Waals surface area contributed by atoms with Crippen LogP contribution in [0.5, 0.6) is 5.88 Å². The van der Waals surface area contributed by atoms with Crippen LogP contribution in [0.3, 0.4) is 0 Å². The Hall–Kier alpha value is -2.15. The Labute approximate surface area is 135 Å². The molecular weight excluding hydrogens is 353 g/mol. The molecule has 5 nitrogen and oxygen atoms in total. The van der Waals surface area contributed by atoms with Crippen LogP contribution in [0.15, 0.2) is 47.1 Å². The molecule has 2 heterocycles.